The summed E-state index contributed by atoms with van der Waals surface area (Å²) < 4.78 is 0. The molecule has 0 aliphatic rings. The highest BCUT2D eigenvalue weighted by atomic mass is 16.2. The highest BCUT2D eigenvalue weighted by molar-refractivity contribution is 6.08. The molecule has 7 heteroatoms. The van der Waals surface area contributed by atoms with E-state index in [0.29, 0.717) is 22.5 Å². The van der Waals surface area contributed by atoms with Crippen LogP contribution in [-0.4, -0.2) is 22.6 Å². The van der Waals surface area contributed by atoms with Crippen molar-refractivity contribution in [2.75, 3.05) is 10.6 Å². The molecule has 0 saturated heterocycles. The van der Waals surface area contributed by atoms with E-state index >= 15 is 0 Å². The van der Waals surface area contributed by atoms with Gasteiger partial charge in [-0.2, -0.15) is 5.26 Å². The topological polar surface area (TPSA) is 112 Å². The van der Waals surface area contributed by atoms with Gasteiger partial charge in [0.1, 0.15) is 0 Å². The van der Waals surface area contributed by atoms with E-state index in [2.05, 4.69) is 15.6 Å². The minimum atomic E-state index is -0.459. The lowest BCUT2D eigenvalue weighted by atomic mass is 10.1. The summed E-state index contributed by atoms with van der Waals surface area (Å²) in [7, 11) is 0. The fourth-order valence-corrected chi connectivity index (χ4v) is 2.58. The molecule has 142 valence electrons. The van der Waals surface area contributed by atoms with Gasteiger partial charge in [-0.15, -0.1) is 0 Å². The van der Waals surface area contributed by atoms with E-state index in [-0.39, 0.29) is 16.9 Å². The van der Waals surface area contributed by atoms with Crippen LogP contribution in [0.15, 0.2) is 67.0 Å². The van der Waals surface area contributed by atoms with E-state index < -0.39 is 11.8 Å². The van der Waals surface area contributed by atoms with Crippen molar-refractivity contribution in [2.45, 2.75) is 6.92 Å². The zero-order chi connectivity index (χ0) is 20.8. The third kappa shape index (κ3) is 4.90. The minimum Gasteiger partial charge on any atom is -0.322 e. The van der Waals surface area contributed by atoms with Gasteiger partial charge < -0.3 is 10.6 Å². The van der Waals surface area contributed by atoms with Crippen molar-refractivity contribution in [1.82, 2.24) is 4.98 Å². The Bertz CT molecular complexity index is 1150. The Hall–Kier alpha value is -4.31. The molecule has 3 rings (SSSR count). The molecule has 1 aromatic heterocycles. The Labute approximate surface area is 167 Å². The van der Waals surface area contributed by atoms with Gasteiger partial charge in [0.15, 0.2) is 5.78 Å². The number of benzene rings is 2. The molecule has 0 spiro atoms. The lowest BCUT2D eigenvalue weighted by Crippen LogP contribution is -2.16. The third-order valence-electron chi connectivity index (χ3n) is 4.04. The highest BCUT2D eigenvalue weighted by Gasteiger charge is 2.13. The lowest BCUT2D eigenvalue weighted by molar-refractivity contribution is 0.100. The maximum atomic E-state index is 12.5. The number of nitrogens with zero attached hydrogens (tertiary/aromatic N) is 2. The van der Waals surface area contributed by atoms with E-state index in [1.165, 1.54) is 25.4 Å². The molecule has 7 nitrogen and oxygen atoms in total. The van der Waals surface area contributed by atoms with Gasteiger partial charge in [-0.1, -0.05) is 18.2 Å². The number of anilines is 2. The zero-order valence-corrected chi connectivity index (χ0v) is 15.5. The van der Waals surface area contributed by atoms with Crippen molar-refractivity contribution in [3.8, 4) is 6.07 Å². The molecule has 0 radical (unpaired) electrons. The molecular formula is C22H16N4O3. The fourth-order valence-electron chi connectivity index (χ4n) is 2.58. The Morgan fingerprint density at radius 3 is 2.00 bits per heavy atom. The molecular weight excluding hydrogens is 368 g/mol. The SMILES string of the molecule is CC(=O)c1cccc(NC(=O)c2cncc(C(=O)Nc3cccc(C#N)c3)c2)c1. The van der Waals surface area contributed by atoms with Crippen LogP contribution in [-0.2, 0) is 0 Å². The van der Waals surface area contributed by atoms with Crippen molar-refractivity contribution in [1.29, 1.82) is 5.26 Å². The normalized spacial score (nSPS) is 9.93. The highest BCUT2D eigenvalue weighted by Crippen LogP contribution is 2.15. The van der Waals surface area contributed by atoms with Crippen LogP contribution in [0.4, 0.5) is 11.4 Å². The number of aromatic nitrogens is 1. The fraction of sp³-hybridized carbons (Fsp3) is 0.0455. The monoisotopic (exact) mass is 384 g/mol. The maximum absolute atomic E-state index is 12.5. The third-order valence-corrected chi connectivity index (χ3v) is 4.04. The van der Waals surface area contributed by atoms with Crippen LogP contribution in [0.1, 0.15) is 43.6 Å². The Morgan fingerprint density at radius 1 is 0.828 bits per heavy atom. The number of nitrogens with one attached hydrogen (secondary N) is 2. The first-order valence-electron chi connectivity index (χ1n) is 8.65. The molecule has 0 aliphatic carbocycles. The second-order valence-electron chi connectivity index (χ2n) is 6.20. The van der Waals surface area contributed by atoms with Crippen LogP contribution >= 0.6 is 0 Å². The Morgan fingerprint density at radius 2 is 1.41 bits per heavy atom. The van der Waals surface area contributed by atoms with Crippen LogP contribution in [0.5, 0.6) is 0 Å². The molecule has 0 aliphatic heterocycles. The largest absolute Gasteiger partial charge is 0.322 e. The Balaban J connectivity index is 1.75. The summed E-state index contributed by atoms with van der Waals surface area (Å²) in [5, 5.41) is 14.3. The van der Waals surface area contributed by atoms with E-state index in [1.54, 1.807) is 48.5 Å². The summed E-state index contributed by atoms with van der Waals surface area (Å²) >= 11 is 0. The van der Waals surface area contributed by atoms with Gasteiger partial charge in [0.25, 0.3) is 11.8 Å². The number of nitriles is 1. The van der Waals surface area contributed by atoms with E-state index in [4.69, 9.17) is 5.26 Å². The number of hydrogen-bond acceptors (Lipinski definition) is 5. The van der Waals surface area contributed by atoms with Crippen molar-refractivity contribution >= 4 is 29.0 Å². The summed E-state index contributed by atoms with van der Waals surface area (Å²) in [4.78, 5) is 40.4. The summed E-state index contributed by atoms with van der Waals surface area (Å²) in [6, 6.07) is 16.5. The molecule has 0 fully saturated rings. The van der Waals surface area contributed by atoms with Crippen molar-refractivity contribution in [3.05, 3.63) is 89.2 Å². The number of carbonyl (C=O) groups excluding carboxylic acids is 3. The van der Waals surface area contributed by atoms with E-state index in [0.717, 1.165) is 0 Å². The number of pyridine rings is 1. The summed E-state index contributed by atoms with van der Waals surface area (Å²) in [6.07, 6.45) is 2.69. The predicted molar refractivity (Wildman–Crippen MR) is 108 cm³/mol. The number of carbonyl (C=O) groups is 3. The van der Waals surface area contributed by atoms with E-state index in [9.17, 15) is 14.4 Å². The number of ketones is 1. The molecule has 3 aromatic rings. The molecule has 29 heavy (non-hydrogen) atoms. The molecule has 2 amide bonds. The van der Waals surface area contributed by atoms with Gasteiger partial charge in [0.05, 0.1) is 22.8 Å². The van der Waals surface area contributed by atoms with Crippen LogP contribution < -0.4 is 10.6 Å². The van der Waals surface area contributed by atoms with Gasteiger partial charge in [-0.3, -0.25) is 19.4 Å². The summed E-state index contributed by atoms with van der Waals surface area (Å²) in [5.41, 5.74) is 2.21. The van der Waals surface area contributed by atoms with Crippen molar-refractivity contribution in [2.24, 2.45) is 0 Å². The van der Waals surface area contributed by atoms with Gasteiger partial charge in [0, 0.05) is 29.3 Å². The number of Topliss-reactive ketones (excluding diaryl/α,β-unsaturated/α-hetero) is 1. The van der Waals surface area contributed by atoms with Gasteiger partial charge in [-0.05, 0) is 43.3 Å². The van der Waals surface area contributed by atoms with Crippen molar-refractivity contribution in [3.63, 3.8) is 0 Å². The van der Waals surface area contributed by atoms with Crippen molar-refractivity contribution < 1.29 is 14.4 Å². The minimum absolute atomic E-state index is 0.109. The molecule has 0 bridgehead atoms. The predicted octanol–water partition coefficient (Wildman–Crippen LogP) is 3.66. The lowest BCUT2D eigenvalue weighted by Gasteiger charge is -2.08. The van der Waals surface area contributed by atoms with Crippen LogP contribution in [0.3, 0.4) is 0 Å². The van der Waals surface area contributed by atoms with Gasteiger partial charge in [-0.25, -0.2) is 0 Å². The summed E-state index contributed by atoms with van der Waals surface area (Å²) in [5.74, 6) is -1.03. The summed E-state index contributed by atoms with van der Waals surface area (Å²) in [6.45, 7) is 1.44. The van der Waals surface area contributed by atoms with Crippen LogP contribution in [0.25, 0.3) is 0 Å². The smallest absolute Gasteiger partial charge is 0.257 e. The number of rotatable bonds is 5. The molecule has 0 atom stereocenters. The first-order valence-corrected chi connectivity index (χ1v) is 8.65. The first kappa shape index (κ1) is 19.5. The molecule has 0 saturated carbocycles. The van der Waals surface area contributed by atoms with Crippen LogP contribution in [0, 0.1) is 11.3 Å². The maximum Gasteiger partial charge on any atom is 0.257 e. The van der Waals surface area contributed by atoms with Crippen LogP contribution in [0.2, 0.25) is 0 Å². The number of hydrogen-bond donors (Lipinski definition) is 2. The molecule has 0 unspecified atom stereocenters. The van der Waals surface area contributed by atoms with Gasteiger partial charge in [0.2, 0.25) is 0 Å². The average Bonchev–Trinajstić information content (AvgIpc) is 2.74. The molecule has 2 aromatic carbocycles. The second-order valence-corrected chi connectivity index (χ2v) is 6.20. The standard InChI is InChI=1S/C22H16N4O3/c1-14(27)16-5-3-7-20(10-16)26-22(29)18-9-17(12-24-13-18)21(28)25-19-6-2-4-15(8-19)11-23/h2-10,12-13H,1H3,(H,25,28)(H,26,29). The molecule has 2 N–H and O–H groups in total. The quantitative estimate of drug-likeness (QED) is 0.652. The average molecular weight is 384 g/mol. The van der Waals surface area contributed by atoms with E-state index in [1.807, 2.05) is 6.07 Å². The Kier molecular flexibility index (Phi) is 5.76. The second kappa shape index (κ2) is 8.59. The molecule has 1 heterocycles. The first-order chi connectivity index (χ1) is 14.0. The zero-order valence-electron chi connectivity index (χ0n) is 15.5. The number of amides is 2. The van der Waals surface area contributed by atoms with Gasteiger partial charge >= 0.3 is 0 Å².